The SMILES string of the molecule is CC(C)(C)C[C@H](NC(=O)N1CC[C@H](O)C1)C(F)(F)F. The van der Waals surface area contributed by atoms with Crippen LogP contribution in [0.15, 0.2) is 0 Å². The minimum Gasteiger partial charge on any atom is -0.391 e. The molecule has 19 heavy (non-hydrogen) atoms. The minimum absolute atomic E-state index is 0.0892. The number of nitrogens with zero attached hydrogens (tertiary/aromatic N) is 1. The lowest BCUT2D eigenvalue weighted by Crippen LogP contribution is -2.51. The van der Waals surface area contributed by atoms with Crippen molar-refractivity contribution < 1.29 is 23.1 Å². The summed E-state index contributed by atoms with van der Waals surface area (Å²) in [5.74, 6) is 0. The molecule has 0 saturated carbocycles. The molecule has 0 aromatic carbocycles. The molecule has 0 aromatic rings. The van der Waals surface area contributed by atoms with Gasteiger partial charge in [-0.25, -0.2) is 4.79 Å². The highest BCUT2D eigenvalue weighted by Gasteiger charge is 2.43. The second-order valence-electron chi connectivity index (χ2n) is 6.20. The van der Waals surface area contributed by atoms with Crippen LogP contribution in [-0.4, -0.2) is 47.4 Å². The summed E-state index contributed by atoms with van der Waals surface area (Å²) in [5.41, 5.74) is -0.544. The Balaban J connectivity index is 2.65. The lowest BCUT2D eigenvalue weighted by atomic mass is 9.88. The van der Waals surface area contributed by atoms with E-state index in [0.29, 0.717) is 6.42 Å². The van der Waals surface area contributed by atoms with Crippen LogP contribution in [0.2, 0.25) is 0 Å². The van der Waals surface area contributed by atoms with Gasteiger partial charge in [0.1, 0.15) is 6.04 Å². The first-order valence-corrected chi connectivity index (χ1v) is 6.29. The predicted molar refractivity (Wildman–Crippen MR) is 64.6 cm³/mol. The molecule has 2 atom stereocenters. The Morgan fingerprint density at radius 1 is 1.42 bits per heavy atom. The molecule has 0 spiro atoms. The maximum Gasteiger partial charge on any atom is 0.408 e. The molecule has 1 aliphatic heterocycles. The summed E-state index contributed by atoms with van der Waals surface area (Å²) in [6.45, 7) is 5.45. The van der Waals surface area contributed by atoms with Crippen LogP contribution >= 0.6 is 0 Å². The van der Waals surface area contributed by atoms with Crippen molar-refractivity contribution in [3.8, 4) is 0 Å². The molecular weight excluding hydrogens is 261 g/mol. The van der Waals surface area contributed by atoms with Crippen molar-refractivity contribution in [3.63, 3.8) is 0 Å². The van der Waals surface area contributed by atoms with E-state index in [1.165, 1.54) is 4.90 Å². The van der Waals surface area contributed by atoms with Crippen molar-refractivity contribution in [1.82, 2.24) is 10.2 Å². The molecule has 0 aliphatic carbocycles. The Hall–Kier alpha value is -0.980. The monoisotopic (exact) mass is 282 g/mol. The summed E-state index contributed by atoms with van der Waals surface area (Å²) in [5, 5.41) is 11.3. The molecule has 1 saturated heterocycles. The number of nitrogens with one attached hydrogen (secondary N) is 1. The van der Waals surface area contributed by atoms with Crippen LogP contribution < -0.4 is 5.32 Å². The van der Waals surface area contributed by atoms with Crippen LogP contribution in [0.3, 0.4) is 0 Å². The molecule has 0 radical (unpaired) electrons. The van der Waals surface area contributed by atoms with Crippen LogP contribution in [-0.2, 0) is 0 Å². The zero-order chi connectivity index (χ0) is 14.8. The van der Waals surface area contributed by atoms with Gasteiger partial charge >= 0.3 is 12.2 Å². The maximum atomic E-state index is 12.9. The first kappa shape index (κ1) is 16.1. The van der Waals surface area contributed by atoms with Crippen LogP contribution in [0, 0.1) is 5.41 Å². The number of likely N-dealkylation sites (tertiary alicyclic amines) is 1. The first-order chi connectivity index (χ1) is 8.49. The number of carbonyl (C=O) groups excluding carboxylic acids is 1. The summed E-state index contributed by atoms with van der Waals surface area (Å²) >= 11 is 0. The summed E-state index contributed by atoms with van der Waals surface area (Å²) in [7, 11) is 0. The van der Waals surface area contributed by atoms with Gasteiger partial charge in [0.2, 0.25) is 0 Å². The molecule has 4 nitrogen and oxygen atoms in total. The van der Waals surface area contributed by atoms with E-state index in [0.717, 1.165) is 0 Å². The van der Waals surface area contributed by atoms with E-state index in [2.05, 4.69) is 0 Å². The fourth-order valence-electron chi connectivity index (χ4n) is 2.03. The number of aliphatic hydroxyl groups is 1. The van der Waals surface area contributed by atoms with Crippen LogP contribution in [0.25, 0.3) is 0 Å². The Morgan fingerprint density at radius 2 is 2.00 bits per heavy atom. The third kappa shape index (κ3) is 5.26. The van der Waals surface area contributed by atoms with Crippen molar-refractivity contribution in [1.29, 1.82) is 0 Å². The number of rotatable bonds is 2. The summed E-state index contributed by atoms with van der Waals surface area (Å²) in [4.78, 5) is 13.0. The molecule has 0 aromatic heterocycles. The zero-order valence-electron chi connectivity index (χ0n) is 11.4. The van der Waals surface area contributed by atoms with Crippen LogP contribution in [0.5, 0.6) is 0 Å². The average molecular weight is 282 g/mol. The Kier molecular flexibility index (Phi) is 4.71. The van der Waals surface area contributed by atoms with Crippen molar-refractivity contribution in [2.75, 3.05) is 13.1 Å². The number of carbonyl (C=O) groups is 1. The van der Waals surface area contributed by atoms with E-state index in [9.17, 15) is 23.1 Å². The minimum atomic E-state index is -4.47. The van der Waals surface area contributed by atoms with Gasteiger partial charge < -0.3 is 15.3 Å². The number of aliphatic hydroxyl groups excluding tert-OH is 1. The molecule has 0 bridgehead atoms. The molecule has 2 N–H and O–H groups in total. The molecular formula is C12H21F3N2O2. The highest BCUT2D eigenvalue weighted by atomic mass is 19.4. The third-order valence-electron chi connectivity index (χ3n) is 2.96. The van der Waals surface area contributed by atoms with Gasteiger partial charge in [-0.2, -0.15) is 13.2 Å². The van der Waals surface area contributed by atoms with Gasteiger partial charge in [0, 0.05) is 13.1 Å². The fourth-order valence-corrected chi connectivity index (χ4v) is 2.03. The molecule has 0 unspecified atom stereocenters. The molecule has 1 heterocycles. The van der Waals surface area contributed by atoms with Crippen molar-refractivity contribution in [3.05, 3.63) is 0 Å². The second-order valence-corrected chi connectivity index (χ2v) is 6.20. The molecule has 1 rings (SSSR count). The van der Waals surface area contributed by atoms with Crippen molar-refractivity contribution in [2.45, 2.75) is 51.9 Å². The molecule has 112 valence electrons. The molecule has 2 amide bonds. The Morgan fingerprint density at radius 3 is 2.37 bits per heavy atom. The van der Waals surface area contributed by atoms with Crippen LogP contribution in [0.1, 0.15) is 33.6 Å². The van der Waals surface area contributed by atoms with Gasteiger partial charge in [-0.1, -0.05) is 20.8 Å². The quantitative estimate of drug-likeness (QED) is 0.815. The lowest BCUT2D eigenvalue weighted by Gasteiger charge is -2.30. The first-order valence-electron chi connectivity index (χ1n) is 6.29. The predicted octanol–water partition coefficient (Wildman–Crippen LogP) is 2.13. The highest BCUT2D eigenvalue weighted by molar-refractivity contribution is 5.75. The van der Waals surface area contributed by atoms with Gasteiger partial charge in [-0.3, -0.25) is 0 Å². The van der Waals surface area contributed by atoms with Gasteiger partial charge in [0.05, 0.1) is 6.10 Å². The smallest absolute Gasteiger partial charge is 0.391 e. The van der Waals surface area contributed by atoms with Gasteiger partial charge in [0.15, 0.2) is 0 Å². The largest absolute Gasteiger partial charge is 0.408 e. The second kappa shape index (κ2) is 5.56. The van der Waals surface area contributed by atoms with Crippen molar-refractivity contribution >= 4 is 6.03 Å². The Labute approximate surface area is 111 Å². The van der Waals surface area contributed by atoms with E-state index in [-0.39, 0.29) is 19.5 Å². The van der Waals surface area contributed by atoms with Crippen LogP contribution in [0.4, 0.5) is 18.0 Å². The topological polar surface area (TPSA) is 52.6 Å². The molecule has 7 heteroatoms. The van der Waals surface area contributed by atoms with E-state index in [4.69, 9.17) is 0 Å². The van der Waals surface area contributed by atoms with Gasteiger partial charge in [-0.05, 0) is 18.3 Å². The fraction of sp³-hybridized carbons (Fsp3) is 0.917. The number of alkyl halides is 3. The lowest BCUT2D eigenvalue weighted by molar-refractivity contribution is -0.159. The van der Waals surface area contributed by atoms with Crippen molar-refractivity contribution in [2.24, 2.45) is 5.41 Å². The molecule has 1 aliphatic rings. The number of amides is 2. The molecule has 1 fully saturated rings. The number of β-amino-alcohol motifs (C(OH)–C–C–N with tert-alkyl or cyclic N) is 1. The number of hydrogen-bond donors (Lipinski definition) is 2. The standard InChI is InChI=1S/C12H21F3N2O2/c1-11(2,3)6-9(12(13,14)15)16-10(19)17-5-4-8(18)7-17/h8-9,18H,4-7H2,1-3H3,(H,16,19)/t8-,9-/m0/s1. The van der Waals surface area contributed by atoms with Gasteiger partial charge in [-0.15, -0.1) is 0 Å². The Bertz CT molecular complexity index is 326. The summed E-state index contributed by atoms with van der Waals surface area (Å²) in [6.07, 6.45) is -4.89. The van der Waals surface area contributed by atoms with E-state index in [1.807, 2.05) is 5.32 Å². The third-order valence-corrected chi connectivity index (χ3v) is 2.96. The maximum absolute atomic E-state index is 12.9. The number of halogens is 3. The number of hydrogen-bond acceptors (Lipinski definition) is 2. The van der Waals surface area contributed by atoms with E-state index in [1.54, 1.807) is 20.8 Å². The average Bonchev–Trinajstić information content (AvgIpc) is 2.60. The zero-order valence-corrected chi connectivity index (χ0v) is 11.4. The van der Waals surface area contributed by atoms with E-state index < -0.39 is 29.8 Å². The summed E-state index contributed by atoms with van der Waals surface area (Å²) in [6, 6.07) is -2.62. The normalized spacial score (nSPS) is 22.5. The van der Waals surface area contributed by atoms with E-state index >= 15 is 0 Å². The summed E-state index contributed by atoms with van der Waals surface area (Å²) < 4.78 is 38.7. The van der Waals surface area contributed by atoms with Gasteiger partial charge in [0.25, 0.3) is 0 Å². The highest BCUT2D eigenvalue weighted by Crippen LogP contribution is 2.30. The number of urea groups is 1.